The zero-order valence-electron chi connectivity index (χ0n) is 12.4. The summed E-state index contributed by atoms with van der Waals surface area (Å²) in [7, 11) is 0. The molecule has 2 N–H and O–H groups in total. The maximum atomic E-state index is 11.2. The highest BCUT2D eigenvalue weighted by molar-refractivity contribution is 5.69. The van der Waals surface area contributed by atoms with Crippen LogP contribution < -0.4 is 5.73 Å². The number of carbonyl (C=O) groups is 1. The topological polar surface area (TPSA) is 57.2 Å². The van der Waals surface area contributed by atoms with Gasteiger partial charge in [0, 0.05) is 31.4 Å². The Morgan fingerprint density at radius 2 is 2.25 bits per heavy atom. The van der Waals surface area contributed by atoms with Crippen LogP contribution in [0.1, 0.15) is 57.1 Å². The minimum absolute atomic E-state index is 0.0776. The molecule has 0 bridgehead atoms. The molecule has 0 spiro atoms. The smallest absolute Gasteiger partial charge is 0.305 e. The summed E-state index contributed by atoms with van der Waals surface area (Å²) in [6.07, 6.45) is 10.4. The summed E-state index contributed by atoms with van der Waals surface area (Å²) in [6, 6.07) is 2.36. The molecule has 4 nitrogen and oxygen atoms in total. The van der Waals surface area contributed by atoms with Gasteiger partial charge in [-0.1, -0.05) is 6.42 Å². The van der Waals surface area contributed by atoms with Crippen LogP contribution in [0.2, 0.25) is 0 Å². The summed E-state index contributed by atoms with van der Waals surface area (Å²) in [5.41, 5.74) is 7.45. The van der Waals surface area contributed by atoms with Crippen LogP contribution in [0.3, 0.4) is 0 Å². The third-order valence-electron chi connectivity index (χ3n) is 3.89. The fourth-order valence-corrected chi connectivity index (χ4v) is 2.50. The molecule has 1 atom stereocenters. The number of aryl methyl sites for hydroxylation is 1. The van der Waals surface area contributed by atoms with Gasteiger partial charge >= 0.3 is 5.97 Å². The number of ether oxygens (including phenoxy) is 1. The van der Waals surface area contributed by atoms with Crippen LogP contribution in [0.15, 0.2) is 18.5 Å². The van der Waals surface area contributed by atoms with Gasteiger partial charge in [-0.05, 0) is 50.2 Å². The monoisotopic (exact) mass is 278 g/mol. The Balaban J connectivity index is 1.61. The number of rotatable bonds is 9. The molecule has 0 saturated heterocycles. The van der Waals surface area contributed by atoms with Gasteiger partial charge in [0.15, 0.2) is 0 Å². The van der Waals surface area contributed by atoms with Crippen LogP contribution in [0.5, 0.6) is 0 Å². The number of esters is 1. The van der Waals surface area contributed by atoms with E-state index < -0.39 is 0 Å². The largest absolute Gasteiger partial charge is 0.466 e. The second-order valence-corrected chi connectivity index (χ2v) is 5.66. The van der Waals surface area contributed by atoms with E-state index in [2.05, 4.69) is 23.0 Å². The molecular weight excluding hydrogens is 252 g/mol. The molecule has 1 unspecified atom stereocenters. The number of aromatic nitrogens is 1. The van der Waals surface area contributed by atoms with Crippen molar-refractivity contribution in [3.63, 3.8) is 0 Å². The standard InChI is InChI=1S/C16H26N2O2/c1-2-20-15(19)6-4-3-5-10-18-11-9-14(12-18)16(17)13-7-8-13/h9,11-13,16H,2-8,10,17H2,1H3. The highest BCUT2D eigenvalue weighted by atomic mass is 16.5. The van der Waals surface area contributed by atoms with Gasteiger partial charge in [-0.3, -0.25) is 4.79 Å². The Morgan fingerprint density at radius 3 is 2.95 bits per heavy atom. The highest BCUT2D eigenvalue weighted by Crippen LogP contribution is 2.39. The lowest BCUT2D eigenvalue weighted by Crippen LogP contribution is -2.11. The van der Waals surface area contributed by atoms with Gasteiger partial charge in [0.25, 0.3) is 0 Å². The van der Waals surface area contributed by atoms with E-state index >= 15 is 0 Å². The van der Waals surface area contributed by atoms with Crippen molar-refractivity contribution in [1.29, 1.82) is 0 Å². The van der Waals surface area contributed by atoms with E-state index in [1.807, 2.05) is 6.92 Å². The maximum Gasteiger partial charge on any atom is 0.305 e. The summed E-state index contributed by atoms with van der Waals surface area (Å²) >= 11 is 0. The quantitative estimate of drug-likeness (QED) is 0.558. The molecule has 1 aliphatic carbocycles. The molecule has 1 heterocycles. The number of hydrogen-bond donors (Lipinski definition) is 1. The number of hydrogen-bond acceptors (Lipinski definition) is 3. The molecule has 1 aliphatic rings. The number of carbonyl (C=O) groups excluding carboxylic acids is 1. The summed E-state index contributed by atoms with van der Waals surface area (Å²) in [6.45, 7) is 3.32. The van der Waals surface area contributed by atoms with Gasteiger partial charge < -0.3 is 15.0 Å². The number of nitrogens with zero attached hydrogens (tertiary/aromatic N) is 1. The third-order valence-corrected chi connectivity index (χ3v) is 3.89. The molecule has 0 amide bonds. The highest BCUT2D eigenvalue weighted by Gasteiger charge is 2.29. The molecule has 20 heavy (non-hydrogen) atoms. The Kier molecular flexibility index (Phi) is 5.65. The minimum Gasteiger partial charge on any atom is -0.466 e. The molecule has 1 aromatic rings. The van der Waals surface area contributed by atoms with Crippen molar-refractivity contribution < 1.29 is 9.53 Å². The average molecular weight is 278 g/mol. The molecule has 1 aromatic heterocycles. The van der Waals surface area contributed by atoms with Gasteiger partial charge in [0.05, 0.1) is 6.61 Å². The fraction of sp³-hybridized carbons (Fsp3) is 0.688. The Bertz CT molecular complexity index is 424. The lowest BCUT2D eigenvalue weighted by molar-refractivity contribution is -0.143. The van der Waals surface area contributed by atoms with Crippen LogP contribution in [0.4, 0.5) is 0 Å². The van der Waals surface area contributed by atoms with Crippen molar-refractivity contribution in [3.8, 4) is 0 Å². The first-order valence-electron chi connectivity index (χ1n) is 7.77. The SMILES string of the molecule is CCOC(=O)CCCCCn1ccc(C(N)C2CC2)c1. The van der Waals surface area contributed by atoms with Crippen molar-refractivity contribution in [2.24, 2.45) is 11.7 Å². The van der Waals surface area contributed by atoms with E-state index in [4.69, 9.17) is 10.5 Å². The van der Waals surface area contributed by atoms with E-state index in [-0.39, 0.29) is 12.0 Å². The van der Waals surface area contributed by atoms with E-state index in [1.165, 1.54) is 18.4 Å². The van der Waals surface area contributed by atoms with E-state index in [9.17, 15) is 4.79 Å². The molecule has 4 heteroatoms. The van der Waals surface area contributed by atoms with Crippen molar-refractivity contribution in [2.75, 3.05) is 6.61 Å². The predicted molar refractivity (Wildman–Crippen MR) is 79.2 cm³/mol. The molecule has 0 radical (unpaired) electrons. The van der Waals surface area contributed by atoms with Crippen LogP contribution in [0, 0.1) is 5.92 Å². The molecule has 2 rings (SSSR count). The van der Waals surface area contributed by atoms with E-state index in [1.54, 1.807) is 0 Å². The fourth-order valence-electron chi connectivity index (χ4n) is 2.50. The van der Waals surface area contributed by atoms with Gasteiger partial charge in [-0.15, -0.1) is 0 Å². The Morgan fingerprint density at radius 1 is 1.45 bits per heavy atom. The first kappa shape index (κ1) is 15.1. The maximum absolute atomic E-state index is 11.2. The molecule has 0 aromatic carbocycles. The van der Waals surface area contributed by atoms with E-state index in [0.717, 1.165) is 25.8 Å². The van der Waals surface area contributed by atoms with Gasteiger partial charge in [-0.2, -0.15) is 0 Å². The first-order chi connectivity index (χ1) is 9.70. The van der Waals surface area contributed by atoms with Crippen molar-refractivity contribution in [2.45, 2.75) is 58.0 Å². The number of unbranched alkanes of at least 4 members (excludes halogenated alkanes) is 2. The van der Waals surface area contributed by atoms with Gasteiger partial charge in [0.2, 0.25) is 0 Å². The second kappa shape index (κ2) is 7.48. The van der Waals surface area contributed by atoms with Gasteiger partial charge in [-0.25, -0.2) is 0 Å². The van der Waals surface area contributed by atoms with Crippen LogP contribution in [-0.4, -0.2) is 17.1 Å². The zero-order valence-corrected chi connectivity index (χ0v) is 12.4. The summed E-state index contributed by atoms with van der Waals surface area (Å²) in [4.78, 5) is 11.2. The zero-order chi connectivity index (χ0) is 14.4. The molecule has 1 saturated carbocycles. The third kappa shape index (κ3) is 4.67. The average Bonchev–Trinajstić information content (AvgIpc) is 3.17. The molecular formula is C16H26N2O2. The minimum atomic E-state index is -0.0776. The van der Waals surface area contributed by atoms with Gasteiger partial charge in [0.1, 0.15) is 0 Å². The number of nitrogens with two attached hydrogens (primary N) is 1. The van der Waals surface area contributed by atoms with Crippen molar-refractivity contribution >= 4 is 5.97 Å². The van der Waals surface area contributed by atoms with Crippen molar-refractivity contribution in [3.05, 3.63) is 24.0 Å². The Hall–Kier alpha value is -1.29. The Labute approximate surface area is 121 Å². The summed E-state index contributed by atoms with van der Waals surface area (Å²) < 4.78 is 7.12. The molecule has 1 fully saturated rings. The normalized spacial score (nSPS) is 16.1. The van der Waals surface area contributed by atoms with E-state index in [0.29, 0.717) is 18.9 Å². The van der Waals surface area contributed by atoms with Crippen LogP contribution in [0.25, 0.3) is 0 Å². The van der Waals surface area contributed by atoms with Crippen LogP contribution >= 0.6 is 0 Å². The summed E-state index contributed by atoms with van der Waals surface area (Å²) in [5.74, 6) is 0.626. The molecule has 112 valence electrons. The summed E-state index contributed by atoms with van der Waals surface area (Å²) in [5, 5.41) is 0. The van der Waals surface area contributed by atoms with Crippen molar-refractivity contribution in [1.82, 2.24) is 4.57 Å². The molecule has 0 aliphatic heterocycles. The first-order valence-corrected chi connectivity index (χ1v) is 7.77. The second-order valence-electron chi connectivity index (χ2n) is 5.66. The lowest BCUT2D eigenvalue weighted by atomic mass is 10.1. The van der Waals surface area contributed by atoms with Crippen LogP contribution in [-0.2, 0) is 16.1 Å². The lowest BCUT2D eigenvalue weighted by Gasteiger charge is -2.07. The predicted octanol–water partition coefficient (Wildman–Crippen LogP) is 3.02.